The largest absolute Gasteiger partial charge is 0.354 e. The summed E-state index contributed by atoms with van der Waals surface area (Å²) in [6, 6.07) is 26.5. The molecule has 0 spiro atoms. The average molecular weight is 384 g/mol. The molecule has 3 amide bonds. The third-order valence-electron chi connectivity index (χ3n) is 5.09. The van der Waals surface area contributed by atoms with Crippen molar-refractivity contribution in [3.05, 3.63) is 107 Å². The number of nitrogens with zero attached hydrogens (tertiary/aromatic N) is 1. The van der Waals surface area contributed by atoms with Gasteiger partial charge in [-0.05, 0) is 23.3 Å². The Kier molecular flexibility index (Phi) is 5.20. The summed E-state index contributed by atoms with van der Waals surface area (Å²) in [5, 5.41) is 2.89. The minimum Gasteiger partial charge on any atom is -0.354 e. The number of nitrogens with one attached hydrogen (secondary N) is 1. The predicted molar refractivity (Wildman–Crippen MR) is 110 cm³/mol. The Balaban J connectivity index is 1.46. The summed E-state index contributed by atoms with van der Waals surface area (Å²) >= 11 is 0. The van der Waals surface area contributed by atoms with E-state index >= 15 is 0 Å². The molecule has 5 nitrogen and oxygen atoms in total. The third kappa shape index (κ3) is 3.80. The van der Waals surface area contributed by atoms with Crippen LogP contribution in [-0.2, 0) is 4.79 Å². The highest BCUT2D eigenvalue weighted by atomic mass is 16.2. The Hall–Kier alpha value is -3.73. The number of carbonyl (C=O) groups excluding carboxylic acids is 3. The van der Waals surface area contributed by atoms with Crippen LogP contribution in [0.4, 0.5) is 0 Å². The van der Waals surface area contributed by atoms with E-state index in [0.717, 1.165) is 16.0 Å². The van der Waals surface area contributed by atoms with Crippen molar-refractivity contribution in [1.29, 1.82) is 0 Å². The molecule has 1 aliphatic heterocycles. The Morgan fingerprint density at radius 1 is 0.724 bits per heavy atom. The van der Waals surface area contributed by atoms with Gasteiger partial charge >= 0.3 is 0 Å². The summed E-state index contributed by atoms with van der Waals surface area (Å²) in [7, 11) is 0. The zero-order valence-electron chi connectivity index (χ0n) is 15.7. The maximum Gasteiger partial charge on any atom is 0.262 e. The fourth-order valence-corrected chi connectivity index (χ4v) is 3.60. The first kappa shape index (κ1) is 18.6. The van der Waals surface area contributed by atoms with E-state index in [9.17, 15) is 14.4 Å². The molecular weight excluding hydrogens is 364 g/mol. The molecule has 1 N–H and O–H groups in total. The van der Waals surface area contributed by atoms with Gasteiger partial charge in [-0.25, -0.2) is 0 Å². The molecule has 0 fully saturated rings. The van der Waals surface area contributed by atoms with Crippen LogP contribution in [0.15, 0.2) is 84.9 Å². The fraction of sp³-hybridized carbons (Fsp3) is 0.125. The van der Waals surface area contributed by atoms with Gasteiger partial charge in [0.2, 0.25) is 5.91 Å². The predicted octanol–water partition coefficient (Wildman–Crippen LogP) is 3.23. The first-order valence-electron chi connectivity index (χ1n) is 9.47. The van der Waals surface area contributed by atoms with E-state index in [2.05, 4.69) is 5.32 Å². The van der Waals surface area contributed by atoms with Gasteiger partial charge in [-0.15, -0.1) is 0 Å². The van der Waals surface area contributed by atoms with E-state index in [1.165, 1.54) is 0 Å². The van der Waals surface area contributed by atoms with Gasteiger partial charge < -0.3 is 5.32 Å². The quantitative estimate of drug-likeness (QED) is 0.664. The molecule has 0 bridgehead atoms. The van der Waals surface area contributed by atoms with Gasteiger partial charge in [0.05, 0.1) is 11.1 Å². The van der Waals surface area contributed by atoms with Crippen LogP contribution in [0, 0.1) is 0 Å². The van der Waals surface area contributed by atoms with Gasteiger partial charge in [-0.1, -0.05) is 72.8 Å². The number of rotatable bonds is 6. The van der Waals surface area contributed by atoms with E-state index in [0.29, 0.717) is 17.7 Å². The van der Waals surface area contributed by atoms with E-state index in [1.807, 2.05) is 60.7 Å². The molecule has 1 aliphatic rings. The molecule has 0 saturated heterocycles. The van der Waals surface area contributed by atoms with E-state index in [4.69, 9.17) is 0 Å². The van der Waals surface area contributed by atoms with Crippen molar-refractivity contribution in [3.63, 3.8) is 0 Å². The Morgan fingerprint density at radius 3 is 1.66 bits per heavy atom. The van der Waals surface area contributed by atoms with Gasteiger partial charge in [0, 0.05) is 12.5 Å². The second kappa shape index (κ2) is 8.10. The Bertz CT molecular complexity index is 973. The number of hydrogen-bond donors (Lipinski definition) is 1. The number of benzene rings is 3. The van der Waals surface area contributed by atoms with Crippen LogP contribution in [0.25, 0.3) is 0 Å². The molecule has 3 aromatic carbocycles. The molecule has 0 atom stereocenters. The topological polar surface area (TPSA) is 66.5 Å². The van der Waals surface area contributed by atoms with Crippen molar-refractivity contribution < 1.29 is 14.4 Å². The van der Waals surface area contributed by atoms with Gasteiger partial charge in [-0.3, -0.25) is 19.3 Å². The summed E-state index contributed by atoms with van der Waals surface area (Å²) in [6.45, 7) is 0.0820. The molecule has 5 heteroatoms. The molecule has 0 unspecified atom stereocenters. The molecule has 0 aliphatic carbocycles. The number of imide groups is 1. The fourth-order valence-electron chi connectivity index (χ4n) is 3.60. The second-order valence-electron chi connectivity index (χ2n) is 6.92. The van der Waals surface area contributed by atoms with Crippen LogP contribution in [0.2, 0.25) is 0 Å². The van der Waals surface area contributed by atoms with Crippen molar-refractivity contribution in [2.75, 3.05) is 13.1 Å². The molecule has 3 aromatic rings. The minimum atomic E-state index is -0.427. The lowest BCUT2D eigenvalue weighted by Gasteiger charge is -2.20. The van der Waals surface area contributed by atoms with Crippen molar-refractivity contribution in [3.8, 4) is 0 Å². The van der Waals surface area contributed by atoms with Crippen LogP contribution in [-0.4, -0.2) is 35.7 Å². The average Bonchev–Trinajstić information content (AvgIpc) is 3.00. The summed E-state index contributed by atoms with van der Waals surface area (Å²) in [4.78, 5) is 38.4. The lowest BCUT2D eigenvalue weighted by atomic mass is 9.91. The highest BCUT2D eigenvalue weighted by Crippen LogP contribution is 2.24. The van der Waals surface area contributed by atoms with Crippen molar-refractivity contribution >= 4 is 17.7 Å². The molecular formula is C24H20N2O3. The van der Waals surface area contributed by atoms with E-state index in [-0.39, 0.29) is 18.4 Å². The minimum absolute atomic E-state index is 0.0245. The maximum atomic E-state index is 12.6. The zero-order chi connectivity index (χ0) is 20.2. The standard InChI is InChI=1S/C24H20N2O3/c27-22(16-26-23(28)19-13-7-8-14-20(19)24(26)29)25-15-21(17-9-3-1-4-10-17)18-11-5-2-6-12-18/h1-14,21H,15-16H2,(H,25,27). The summed E-state index contributed by atoms with van der Waals surface area (Å²) < 4.78 is 0. The zero-order valence-corrected chi connectivity index (χ0v) is 15.7. The molecule has 0 aromatic heterocycles. The van der Waals surface area contributed by atoms with Crippen LogP contribution in [0.3, 0.4) is 0 Å². The van der Waals surface area contributed by atoms with E-state index < -0.39 is 11.8 Å². The highest BCUT2D eigenvalue weighted by molar-refractivity contribution is 6.22. The normalized spacial score (nSPS) is 12.9. The van der Waals surface area contributed by atoms with Crippen molar-refractivity contribution in [2.24, 2.45) is 0 Å². The Morgan fingerprint density at radius 2 is 1.17 bits per heavy atom. The van der Waals surface area contributed by atoms with E-state index in [1.54, 1.807) is 24.3 Å². The molecule has 4 rings (SSSR count). The van der Waals surface area contributed by atoms with Crippen molar-refractivity contribution in [1.82, 2.24) is 10.2 Å². The number of hydrogen-bond acceptors (Lipinski definition) is 3. The van der Waals surface area contributed by atoms with Crippen LogP contribution < -0.4 is 5.32 Å². The highest BCUT2D eigenvalue weighted by Gasteiger charge is 2.36. The summed E-state index contributed by atoms with van der Waals surface area (Å²) in [5.74, 6) is -1.24. The van der Waals surface area contributed by atoms with Gasteiger partial charge in [-0.2, -0.15) is 0 Å². The molecule has 1 heterocycles. The molecule has 0 saturated carbocycles. The smallest absolute Gasteiger partial charge is 0.262 e. The molecule has 29 heavy (non-hydrogen) atoms. The SMILES string of the molecule is O=C(CN1C(=O)c2ccccc2C1=O)NCC(c1ccccc1)c1ccccc1. The summed E-state index contributed by atoms with van der Waals surface area (Å²) in [5.41, 5.74) is 2.85. The van der Waals surface area contributed by atoms with Gasteiger partial charge in [0.1, 0.15) is 6.54 Å². The summed E-state index contributed by atoms with van der Waals surface area (Å²) in [6.07, 6.45) is 0. The first-order chi connectivity index (χ1) is 14.1. The van der Waals surface area contributed by atoms with Crippen LogP contribution in [0.5, 0.6) is 0 Å². The van der Waals surface area contributed by atoms with Crippen LogP contribution in [0.1, 0.15) is 37.8 Å². The first-order valence-corrected chi connectivity index (χ1v) is 9.47. The van der Waals surface area contributed by atoms with Crippen LogP contribution >= 0.6 is 0 Å². The molecule has 144 valence electrons. The van der Waals surface area contributed by atoms with Crippen molar-refractivity contribution in [2.45, 2.75) is 5.92 Å². The number of fused-ring (bicyclic) bond motifs is 1. The lowest BCUT2D eigenvalue weighted by Crippen LogP contribution is -2.41. The molecule has 0 radical (unpaired) electrons. The maximum absolute atomic E-state index is 12.6. The monoisotopic (exact) mass is 384 g/mol. The van der Waals surface area contributed by atoms with Gasteiger partial charge in [0.25, 0.3) is 11.8 Å². The Labute approximate surface area is 169 Å². The number of carbonyl (C=O) groups is 3. The lowest BCUT2D eigenvalue weighted by molar-refractivity contribution is -0.121. The number of amides is 3. The second-order valence-corrected chi connectivity index (χ2v) is 6.92. The third-order valence-corrected chi connectivity index (χ3v) is 5.09. The van der Waals surface area contributed by atoms with Gasteiger partial charge in [0.15, 0.2) is 0 Å².